The zero-order chi connectivity index (χ0) is 17.1. The SMILES string of the molecule is CC(=O)NC1CN(C(=O)NC(C)c2cc(F)ccc2N(C)C)C1. The summed E-state index contributed by atoms with van der Waals surface area (Å²) in [5.41, 5.74) is 1.58. The quantitative estimate of drug-likeness (QED) is 0.882. The summed E-state index contributed by atoms with van der Waals surface area (Å²) in [4.78, 5) is 26.6. The number of likely N-dealkylation sites (tertiary alicyclic amines) is 1. The smallest absolute Gasteiger partial charge is 0.318 e. The predicted octanol–water partition coefficient (Wildman–Crippen LogP) is 1.48. The zero-order valence-electron chi connectivity index (χ0n) is 13.9. The molecule has 0 bridgehead atoms. The molecule has 0 aliphatic carbocycles. The highest BCUT2D eigenvalue weighted by Crippen LogP contribution is 2.26. The Kier molecular flexibility index (Phi) is 5.08. The van der Waals surface area contributed by atoms with Crippen LogP contribution in [0.3, 0.4) is 0 Å². The molecule has 1 aliphatic rings. The Morgan fingerprint density at radius 1 is 1.35 bits per heavy atom. The van der Waals surface area contributed by atoms with Gasteiger partial charge in [-0.1, -0.05) is 0 Å². The second-order valence-corrected chi connectivity index (χ2v) is 6.07. The van der Waals surface area contributed by atoms with Crippen molar-refractivity contribution in [2.45, 2.75) is 25.9 Å². The van der Waals surface area contributed by atoms with E-state index in [1.165, 1.54) is 19.1 Å². The summed E-state index contributed by atoms with van der Waals surface area (Å²) in [5, 5.41) is 5.64. The van der Waals surface area contributed by atoms with E-state index in [9.17, 15) is 14.0 Å². The van der Waals surface area contributed by atoms with Gasteiger partial charge in [-0.05, 0) is 25.1 Å². The molecular weight excluding hydrogens is 299 g/mol. The summed E-state index contributed by atoms with van der Waals surface area (Å²) in [6.45, 7) is 4.26. The highest BCUT2D eigenvalue weighted by Gasteiger charge is 2.31. The fourth-order valence-electron chi connectivity index (χ4n) is 2.66. The highest BCUT2D eigenvalue weighted by atomic mass is 19.1. The molecule has 0 radical (unpaired) electrons. The number of urea groups is 1. The van der Waals surface area contributed by atoms with Crippen LogP contribution in [0.25, 0.3) is 0 Å². The Morgan fingerprint density at radius 3 is 2.57 bits per heavy atom. The standard InChI is InChI=1S/C16H23FN4O2/c1-10(14-7-12(17)5-6-15(14)20(3)4)18-16(23)21-8-13(9-21)19-11(2)22/h5-7,10,13H,8-9H2,1-4H3,(H,18,23)(H,19,22). The van der Waals surface area contributed by atoms with Crippen molar-refractivity contribution in [2.24, 2.45) is 0 Å². The van der Waals surface area contributed by atoms with Crippen LogP contribution in [-0.4, -0.2) is 50.1 Å². The van der Waals surface area contributed by atoms with E-state index < -0.39 is 0 Å². The topological polar surface area (TPSA) is 64.7 Å². The van der Waals surface area contributed by atoms with Gasteiger partial charge in [-0.15, -0.1) is 0 Å². The summed E-state index contributed by atoms with van der Waals surface area (Å²) in [5.74, 6) is -0.430. The first-order valence-corrected chi connectivity index (χ1v) is 7.57. The third-order valence-electron chi connectivity index (χ3n) is 3.85. The number of carbonyl (C=O) groups is 2. The molecule has 126 valence electrons. The van der Waals surface area contributed by atoms with E-state index in [2.05, 4.69) is 10.6 Å². The van der Waals surface area contributed by atoms with E-state index in [0.717, 1.165) is 11.3 Å². The van der Waals surface area contributed by atoms with Crippen LogP contribution in [0.1, 0.15) is 25.5 Å². The van der Waals surface area contributed by atoms with E-state index in [1.807, 2.05) is 25.9 Å². The molecule has 6 nitrogen and oxygen atoms in total. The number of amides is 3. The number of hydrogen-bond acceptors (Lipinski definition) is 3. The average Bonchev–Trinajstić information content (AvgIpc) is 2.41. The fraction of sp³-hybridized carbons (Fsp3) is 0.500. The Morgan fingerprint density at radius 2 is 2.00 bits per heavy atom. The Bertz CT molecular complexity index is 600. The van der Waals surface area contributed by atoms with Gasteiger partial charge in [0.05, 0.1) is 12.1 Å². The van der Waals surface area contributed by atoms with Crippen molar-refractivity contribution in [1.29, 1.82) is 0 Å². The van der Waals surface area contributed by atoms with Gasteiger partial charge in [0.2, 0.25) is 5.91 Å². The van der Waals surface area contributed by atoms with Crippen LogP contribution in [0.5, 0.6) is 0 Å². The first-order valence-electron chi connectivity index (χ1n) is 7.57. The molecule has 1 fully saturated rings. The minimum atomic E-state index is -0.332. The number of nitrogens with one attached hydrogen (secondary N) is 2. The monoisotopic (exact) mass is 322 g/mol. The number of hydrogen-bond donors (Lipinski definition) is 2. The number of rotatable bonds is 4. The average molecular weight is 322 g/mol. The lowest BCUT2D eigenvalue weighted by molar-refractivity contribution is -0.120. The molecule has 0 aromatic heterocycles. The number of anilines is 1. The summed E-state index contributed by atoms with van der Waals surface area (Å²) in [6, 6.07) is 4.02. The molecule has 23 heavy (non-hydrogen) atoms. The third-order valence-corrected chi connectivity index (χ3v) is 3.85. The normalized spacial score (nSPS) is 15.6. The molecule has 0 saturated carbocycles. The molecule has 1 atom stereocenters. The summed E-state index contributed by atoms with van der Waals surface area (Å²) >= 11 is 0. The van der Waals surface area contributed by atoms with E-state index in [4.69, 9.17) is 0 Å². The first-order chi connectivity index (χ1) is 10.8. The second kappa shape index (κ2) is 6.85. The molecule has 2 N–H and O–H groups in total. The number of carbonyl (C=O) groups excluding carboxylic acids is 2. The van der Waals surface area contributed by atoms with Crippen molar-refractivity contribution in [1.82, 2.24) is 15.5 Å². The maximum Gasteiger partial charge on any atom is 0.318 e. The molecule has 0 spiro atoms. The van der Waals surface area contributed by atoms with Gasteiger partial charge in [-0.3, -0.25) is 4.79 Å². The molecule has 1 saturated heterocycles. The van der Waals surface area contributed by atoms with E-state index in [0.29, 0.717) is 13.1 Å². The van der Waals surface area contributed by atoms with Crippen molar-refractivity contribution in [3.05, 3.63) is 29.6 Å². The van der Waals surface area contributed by atoms with Gasteiger partial charge in [-0.25, -0.2) is 9.18 Å². The molecule has 1 aromatic rings. The predicted molar refractivity (Wildman–Crippen MR) is 86.9 cm³/mol. The van der Waals surface area contributed by atoms with Crippen molar-refractivity contribution < 1.29 is 14.0 Å². The zero-order valence-corrected chi connectivity index (χ0v) is 13.9. The van der Waals surface area contributed by atoms with Crippen LogP contribution in [0.15, 0.2) is 18.2 Å². The van der Waals surface area contributed by atoms with Crippen LogP contribution < -0.4 is 15.5 Å². The minimum absolute atomic E-state index is 0.0139. The largest absolute Gasteiger partial charge is 0.377 e. The third kappa shape index (κ3) is 4.12. The van der Waals surface area contributed by atoms with E-state index >= 15 is 0 Å². The molecule has 1 heterocycles. The van der Waals surface area contributed by atoms with Gasteiger partial charge in [0.1, 0.15) is 5.82 Å². The van der Waals surface area contributed by atoms with Crippen LogP contribution >= 0.6 is 0 Å². The number of benzene rings is 1. The molecular formula is C16H23FN4O2. The lowest BCUT2D eigenvalue weighted by Gasteiger charge is -2.39. The highest BCUT2D eigenvalue weighted by molar-refractivity contribution is 5.77. The molecule has 1 unspecified atom stereocenters. The molecule has 3 amide bonds. The molecule has 7 heteroatoms. The van der Waals surface area contributed by atoms with Crippen LogP contribution in [0.4, 0.5) is 14.9 Å². The first kappa shape index (κ1) is 17.1. The maximum absolute atomic E-state index is 13.5. The van der Waals surface area contributed by atoms with Crippen LogP contribution in [-0.2, 0) is 4.79 Å². The van der Waals surface area contributed by atoms with E-state index in [-0.39, 0.29) is 29.8 Å². The van der Waals surface area contributed by atoms with Gasteiger partial charge >= 0.3 is 6.03 Å². The van der Waals surface area contributed by atoms with E-state index in [1.54, 1.807) is 11.0 Å². The van der Waals surface area contributed by atoms with Gasteiger partial charge in [0.25, 0.3) is 0 Å². The molecule has 1 aromatic carbocycles. The Balaban J connectivity index is 1.97. The second-order valence-electron chi connectivity index (χ2n) is 6.07. The summed E-state index contributed by atoms with van der Waals surface area (Å²) in [6.07, 6.45) is 0. The van der Waals surface area contributed by atoms with Crippen molar-refractivity contribution in [3.63, 3.8) is 0 Å². The van der Waals surface area contributed by atoms with Crippen LogP contribution in [0, 0.1) is 5.82 Å². The fourth-order valence-corrected chi connectivity index (χ4v) is 2.66. The summed E-state index contributed by atoms with van der Waals surface area (Å²) < 4.78 is 13.5. The van der Waals surface area contributed by atoms with Gasteiger partial charge in [0, 0.05) is 45.4 Å². The number of halogens is 1. The lowest BCUT2D eigenvalue weighted by Crippen LogP contribution is -2.62. The lowest BCUT2D eigenvalue weighted by atomic mass is 10.0. The van der Waals surface area contributed by atoms with Crippen molar-refractivity contribution in [3.8, 4) is 0 Å². The molecule has 2 rings (SSSR count). The summed E-state index contributed by atoms with van der Waals surface area (Å²) in [7, 11) is 3.75. The number of nitrogens with zero attached hydrogens (tertiary/aromatic N) is 2. The van der Waals surface area contributed by atoms with Gasteiger partial charge in [0.15, 0.2) is 0 Å². The Labute approximate surface area is 135 Å². The van der Waals surface area contributed by atoms with Gasteiger partial charge in [-0.2, -0.15) is 0 Å². The molecule has 1 aliphatic heterocycles. The maximum atomic E-state index is 13.5. The minimum Gasteiger partial charge on any atom is -0.377 e. The van der Waals surface area contributed by atoms with Crippen LogP contribution in [0.2, 0.25) is 0 Å². The Hall–Kier alpha value is -2.31. The van der Waals surface area contributed by atoms with Crippen molar-refractivity contribution >= 4 is 17.6 Å². The van der Waals surface area contributed by atoms with Gasteiger partial charge < -0.3 is 20.4 Å². The van der Waals surface area contributed by atoms with Crippen molar-refractivity contribution in [2.75, 3.05) is 32.1 Å².